The number of nitrogens with one attached hydrogen (secondary N) is 1. The van der Waals surface area contributed by atoms with E-state index in [0.717, 1.165) is 57.8 Å². The van der Waals surface area contributed by atoms with Gasteiger partial charge in [-0.05, 0) is 32.1 Å². The van der Waals surface area contributed by atoms with E-state index in [2.05, 4.69) is 19.2 Å². The summed E-state index contributed by atoms with van der Waals surface area (Å²) >= 11 is 0. The van der Waals surface area contributed by atoms with Crippen LogP contribution in [-0.4, -0.2) is 47.4 Å². The SMILES string of the molecule is CCCCCCCCCCCCCCCCCCCCCCCCC/C=C/C(O)C(CO)NC(=O)CCCCCCCCCCCCCCOC(=O)CCCCCCCCCCCCC. The summed E-state index contributed by atoms with van der Waals surface area (Å²) < 4.78 is 5.45. The third-order valence-electron chi connectivity index (χ3n) is 13.8. The summed E-state index contributed by atoms with van der Waals surface area (Å²) in [7, 11) is 0. The van der Waals surface area contributed by atoms with Crippen LogP contribution in [-0.2, 0) is 14.3 Å². The molecular weight excluding hydrogens is 803 g/mol. The Labute approximate surface area is 406 Å². The van der Waals surface area contributed by atoms with Gasteiger partial charge in [-0.3, -0.25) is 9.59 Å². The number of rotatable bonds is 55. The lowest BCUT2D eigenvalue weighted by Crippen LogP contribution is -2.45. The molecule has 0 saturated heterocycles. The van der Waals surface area contributed by atoms with Crippen molar-refractivity contribution in [2.24, 2.45) is 0 Å². The molecule has 0 aromatic rings. The topological polar surface area (TPSA) is 95.9 Å². The summed E-state index contributed by atoms with van der Waals surface area (Å²) in [6.07, 6.45) is 65.2. The monoisotopic (exact) mass is 918 g/mol. The molecule has 0 heterocycles. The van der Waals surface area contributed by atoms with Gasteiger partial charge in [-0.1, -0.05) is 296 Å². The number of carbonyl (C=O) groups is 2. The highest BCUT2D eigenvalue weighted by Gasteiger charge is 2.18. The molecule has 0 aliphatic heterocycles. The first-order chi connectivity index (χ1) is 32.0. The van der Waals surface area contributed by atoms with Crippen LogP contribution in [0.25, 0.3) is 0 Å². The van der Waals surface area contributed by atoms with Gasteiger partial charge in [0, 0.05) is 12.8 Å². The lowest BCUT2D eigenvalue weighted by molar-refractivity contribution is -0.143. The minimum atomic E-state index is -0.855. The van der Waals surface area contributed by atoms with Crippen molar-refractivity contribution in [3.05, 3.63) is 12.2 Å². The standard InChI is InChI=1S/C59H115NO5/c1-3-5-7-9-11-13-15-16-17-18-19-20-21-22-23-24-25-26-27-28-32-35-39-43-47-51-57(62)56(55-61)60-58(63)52-48-44-40-36-33-29-30-34-38-42-46-50-54-65-59(64)53-49-45-41-37-31-14-12-10-8-6-4-2/h47,51,56-57,61-62H,3-46,48-50,52-55H2,1-2H3,(H,60,63)/b51-47+. The van der Waals surface area contributed by atoms with Gasteiger partial charge >= 0.3 is 5.97 Å². The van der Waals surface area contributed by atoms with Crippen LogP contribution in [0.3, 0.4) is 0 Å². The van der Waals surface area contributed by atoms with Gasteiger partial charge in [0.2, 0.25) is 5.91 Å². The Morgan fingerprint density at radius 3 is 1.05 bits per heavy atom. The van der Waals surface area contributed by atoms with Crippen LogP contribution in [0.2, 0.25) is 0 Å². The largest absolute Gasteiger partial charge is 0.466 e. The van der Waals surface area contributed by atoms with Gasteiger partial charge in [-0.25, -0.2) is 0 Å². The van der Waals surface area contributed by atoms with Gasteiger partial charge in [-0.15, -0.1) is 0 Å². The second-order valence-corrected chi connectivity index (χ2v) is 20.3. The van der Waals surface area contributed by atoms with E-state index in [-0.39, 0.29) is 18.5 Å². The molecule has 0 fully saturated rings. The van der Waals surface area contributed by atoms with Crippen LogP contribution in [0.15, 0.2) is 12.2 Å². The Kier molecular flexibility index (Phi) is 54.0. The number of amides is 1. The maximum atomic E-state index is 12.5. The van der Waals surface area contributed by atoms with Gasteiger partial charge in [0.15, 0.2) is 0 Å². The molecule has 0 rings (SSSR count). The van der Waals surface area contributed by atoms with Crippen molar-refractivity contribution in [1.29, 1.82) is 0 Å². The molecule has 0 bridgehead atoms. The molecule has 0 aliphatic carbocycles. The zero-order chi connectivity index (χ0) is 47.2. The van der Waals surface area contributed by atoms with Crippen molar-refractivity contribution < 1.29 is 24.5 Å². The predicted octanol–water partition coefficient (Wildman–Crippen LogP) is 18.1. The molecule has 0 aliphatic rings. The smallest absolute Gasteiger partial charge is 0.305 e. The Morgan fingerprint density at radius 2 is 0.708 bits per heavy atom. The highest BCUT2D eigenvalue weighted by molar-refractivity contribution is 5.76. The summed E-state index contributed by atoms with van der Waals surface area (Å²) in [6.45, 7) is 4.89. The van der Waals surface area contributed by atoms with Crippen molar-refractivity contribution in [3.8, 4) is 0 Å². The summed E-state index contributed by atoms with van der Waals surface area (Å²) in [4.78, 5) is 24.5. The van der Waals surface area contributed by atoms with E-state index in [4.69, 9.17) is 4.74 Å². The minimum Gasteiger partial charge on any atom is -0.466 e. The molecule has 2 atom stereocenters. The zero-order valence-corrected chi connectivity index (χ0v) is 44.0. The normalized spacial score (nSPS) is 12.6. The van der Waals surface area contributed by atoms with Crippen molar-refractivity contribution in [1.82, 2.24) is 5.32 Å². The van der Waals surface area contributed by atoms with Gasteiger partial charge in [0.25, 0.3) is 0 Å². The number of unbranched alkanes of at least 4 members (excludes halogenated alkanes) is 44. The molecule has 0 spiro atoms. The number of hydrogen-bond acceptors (Lipinski definition) is 5. The van der Waals surface area contributed by atoms with Gasteiger partial charge in [0.05, 0.1) is 25.4 Å². The van der Waals surface area contributed by atoms with Crippen molar-refractivity contribution in [2.45, 2.75) is 341 Å². The van der Waals surface area contributed by atoms with Gasteiger partial charge < -0.3 is 20.3 Å². The number of ether oxygens (including phenoxy) is 1. The highest BCUT2D eigenvalue weighted by Crippen LogP contribution is 2.18. The maximum Gasteiger partial charge on any atom is 0.305 e. The Hall–Kier alpha value is -1.40. The Bertz CT molecular complexity index is 970. The second kappa shape index (κ2) is 55.2. The quantitative estimate of drug-likeness (QED) is 0.0321. The highest BCUT2D eigenvalue weighted by atomic mass is 16.5. The van der Waals surface area contributed by atoms with E-state index in [1.807, 2.05) is 6.08 Å². The number of aliphatic hydroxyl groups is 2. The lowest BCUT2D eigenvalue weighted by Gasteiger charge is -2.20. The third-order valence-corrected chi connectivity index (χ3v) is 13.8. The van der Waals surface area contributed by atoms with E-state index in [1.165, 1.54) is 244 Å². The predicted molar refractivity (Wildman–Crippen MR) is 283 cm³/mol. The summed E-state index contributed by atoms with van der Waals surface area (Å²) in [5.41, 5.74) is 0. The summed E-state index contributed by atoms with van der Waals surface area (Å²) in [5.74, 6) is -0.0897. The molecule has 0 radical (unpaired) electrons. The number of carbonyl (C=O) groups excluding carboxylic acids is 2. The third kappa shape index (κ3) is 51.8. The van der Waals surface area contributed by atoms with Crippen LogP contribution < -0.4 is 5.32 Å². The average Bonchev–Trinajstić information content (AvgIpc) is 3.31. The van der Waals surface area contributed by atoms with E-state index in [9.17, 15) is 19.8 Å². The first-order valence-corrected chi connectivity index (χ1v) is 29.5. The number of allylic oxidation sites excluding steroid dienone is 1. The second-order valence-electron chi connectivity index (χ2n) is 20.3. The molecule has 3 N–H and O–H groups in total. The lowest BCUT2D eigenvalue weighted by atomic mass is 10.0. The summed E-state index contributed by atoms with van der Waals surface area (Å²) in [6, 6.07) is -0.639. The Balaban J connectivity index is 3.48. The van der Waals surface area contributed by atoms with Crippen LogP contribution in [0.4, 0.5) is 0 Å². The van der Waals surface area contributed by atoms with Crippen LogP contribution >= 0.6 is 0 Å². The fraction of sp³-hybridized carbons (Fsp3) is 0.932. The van der Waals surface area contributed by atoms with E-state index in [0.29, 0.717) is 19.4 Å². The van der Waals surface area contributed by atoms with Crippen molar-refractivity contribution in [2.75, 3.05) is 13.2 Å². The average molecular weight is 919 g/mol. The number of hydrogen-bond donors (Lipinski definition) is 3. The van der Waals surface area contributed by atoms with E-state index >= 15 is 0 Å². The van der Waals surface area contributed by atoms with Crippen LogP contribution in [0, 0.1) is 0 Å². The molecule has 6 heteroatoms. The zero-order valence-electron chi connectivity index (χ0n) is 44.0. The fourth-order valence-corrected chi connectivity index (χ4v) is 9.28. The molecular formula is C59H115NO5. The molecule has 6 nitrogen and oxygen atoms in total. The minimum absolute atomic E-state index is 0.0101. The first kappa shape index (κ1) is 63.6. The van der Waals surface area contributed by atoms with Gasteiger partial charge in [-0.2, -0.15) is 0 Å². The molecule has 65 heavy (non-hydrogen) atoms. The molecule has 0 aromatic carbocycles. The van der Waals surface area contributed by atoms with Crippen molar-refractivity contribution >= 4 is 11.9 Å². The number of aliphatic hydroxyl groups excluding tert-OH is 2. The molecule has 386 valence electrons. The summed E-state index contributed by atoms with van der Waals surface area (Å²) in [5, 5.41) is 23.2. The van der Waals surface area contributed by atoms with Crippen LogP contribution in [0.5, 0.6) is 0 Å². The maximum absolute atomic E-state index is 12.5. The number of esters is 1. The van der Waals surface area contributed by atoms with E-state index < -0.39 is 12.1 Å². The molecule has 2 unspecified atom stereocenters. The van der Waals surface area contributed by atoms with Gasteiger partial charge in [0.1, 0.15) is 0 Å². The molecule has 1 amide bonds. The molecule has 0 aromatic heterocycles. The first-order valence-electron chi connectivity index (χ1n) is 29.5. The van der Waals surface area contributed by atoms with Crippen LogP contribution in [0.1, 0.15) is 328 Å². The van der Waals surface area contributed by atoms with E-state index in [1.54, 1.807) is 6.08 Å². The van der Waals surface area contributed by atoms with Crippen molar-refractivity contribution in [3.63, 3.8) is 0 Å². The Morgan fingerprint density at radius 1 is 0.415 bits per heavy atom. The fourth-order valence-electron chi connectivity index (χ4n) is 9.28. The molecule has 0 saturated carbocycles.